The highest BCUT2D eigenvalue weighted by Crippen LogP contribution is 2.42. The van der Waals surface area contributed by atoms with Gasteiger partial charge in [0.05, 0.1) is 38.6 Å². The van der Waals surface area contributed by atoms with Gasteiger partial charge in [-0.2, -0.15) is 0 Å². The zero-order valence-corrected chi connectivity index (χ0v) is 48.1. The van der Waals surface area contributed by atoms with Gasteiger partial charge in [-0.3, -0.25) is 19.8 Å². The fourth-order valence-electron chi connectivity index (χ4n) is 8.70. The van der Waals surface area contributed by atoms with E-state index in [2.05, 4.69) is 29.9 Å². The number of hydrogen-bond donors (Lipinski definition) is 3. The molecular formula is C59H77Cl4N5O6S. The van der Waals surface area contributed by atoms with Gasteiger partial charge in [0.15, 0.2) is 6.10 Å². The molecule has 1 aliphatic heterocycles. The number of nitrogens with zero attached hydrogens (tertiary/aromatic N) is 2. The van der Waals surface area contributed by atoms with Gasteiger partial charge in [0, 0.05) is 22.0 Å². The summed E-state index contributed by atoms with van der Waals surface area (Å²) in [7, 11) is 0. The molecule has 0 saturated carbocycles. The topological polar surface area (TPSA) is 138 Å². The normalized spacial score (nSPS) is 14.3. The van der Waals surface area contributed by atoms with Gasteiger partial charge >= 0.3 is 5.97 Å². The number of unbranched alkanes of at least 4 members (excludes halogenated alkanes) is 19. The van der Waals surface area contributed by atoms with Crippen molar-refractivity contribution in [3.63, 3.8) is 0 Å². The van der Waals surface area contributed by atoms with Crippen molar-refractivity contribution < 1.29 is 28.7 Å². The van der Waals surface area contributed by atoms with Gasteiger partial charge in [-0.05, 0) is 85.5 Å². The lowest BCUT2D eigenvalue weighted by atomic mass is 10.1. The van der Waals surface area contributed by atoms with Gasteiger partial charge in [0.2, 0.25) is 5.91 Å². The summed E-state index contributed by atoms with van der Waals surface area (Å²) in [5.74, 6) is -1.05. The van der Waals surface area contributed by atoms with E-state index in [-0.39, 0.29) is 43.4 Å². The first-order valence-electron chi connectivity index (χ1n) is 27.2. The lowest BCUT2D eigenvalue weighted by Crippen LogP contribution is -2.37. The number of carbonyl (C=O) groups excluding carboxylic acids is 4. The predicted octanol–water partition coefficient (Wildman–Crippen LogP) is 17.8. The number of benzene rings is 4. The number of thioether (sulfide) groups is 1. The molecule has 4 aromatic rings. The summed E-state index contributed by atoms with van der Waals surface area (Å²) >= 11 is 27.5. The molecule has 2 unspecified atom stereocenters. The molecule has 0 aromatic heterocycles. The van der Waals surface area contributed by atoms with Crippen LogP contribution in [0.15, 0.2) is 88.8 Å². The maximum atomic E-state index is 14.6. The van der Waals surface area contributed by atoms with E-state index in [1.807, 2.05) is 13.8 Å². The number of rotatable bonds is 34. The number of hydrogen-bond acceptors (Lipinski definition) is 8. The maximum absolute atomic E-state index is 14.6. The Balaban J connectivity index is 1.23. The van der Waals surface area contributed by atoms with Crippen LogP contribution in [0, 0.1) is 5.92 Å². The fraction of sp³-hybridized carbons (Fsp3) is 0.508. The first-order chi connectivity index (χ1) is 36.3. The molecule has 3 amide bonds. The van der Waals surface area contributed by atoms with Crippen LogP contribution >= 0.6 is 58.2 Å². The largest absolute Gasteiger partial charge is 0.480 e. The number of carbonyl (C=O) groups is 4. The average Bonchev–Trinajstić information content (AvgIpc) is 3.67. The van der Waals surface area contributed by atoms with Crippen LogP contribution in [0.25, 0.3) is 0 Å². The lowest BCUT2D eigenvalue weighted by molar-refractivity contribution is -0.124. The van der Waals surface area contributed by atoms with E-state index >= 15 is 0 Å². The molecule has 1 heterocycles. The molecule has 3 N–H and O–H groups in total. The molecule has 75 heavy (non-hydrogen) atoms. The van der Waals surface area contributed by atoms with Crippen molar-refractivity contribution in [1.82, 2.24) is 5.43 Å². The zero-order chi connectivity index (χ0) is 54.0. The number of aliphatic imine (C=N–C) groups is 1. The van der Waals surface area contributed by atoms with Crippen LogP contribution in [0.1, 0.15) is 179 Å². The van der Waals surface area contributed by atoms with Gasteiger partial charge in [-0.15, -0.1) is 11.8 Å². The molecular weight excluding hydrogens is 1050 g/mol. The molecule has 1 saturated heterocycles. The Morgan fingerprint density at radius 3 is 1.83 bits per heavy atom. The summed E-state index contributed by atoms with van der Waals surface area (Å²) in [6.45, 7) is 8.59. The Hall–Kier alpha value is -4.46. The Kier molecular flexibility index (Phi) is 27.5. The highest BCUT2D eigenvalue weighted by molar-refractivity contribution is 8.01. The summed E-state index contributed by atoms with van der Waals surface area (Å²) in [4.78, 5) is 60.0. The molecule has 408 valence electrons. The molecule has 1 fully saturated rings. The second-order valence-corrected chi connectivity index (χ2v) is 22.4. The quantitative estimate of drug-likeness (QED) is 0.0311. The van der Waals surface area contributed by atoms with Crippen LogP contribution in [0.4, 0.5) is 22.7 Å². The standard InChI is InChI=1S/C59H77Cl4N5O6S/c1-5-7-9-11-13-15-17-18-20-22-24-30-52(69)64-44-33-36-46(61)50(40-44)65-56-55(58(71)68(67-56)53-47(62)38-43(60)39-48(53)63)75-51-29-26-25-28-49(51)66-57(70)54(41(3)4)74-45-34-31-42(32-35-45)59(72)73-37-27-23-21-19-16-14-12-10-8-6-2/h25-26,28-29,31-36,38-41,54-55H,5-24,27,30,37H2,1-4H3,(H,64,69)(H,65,67)(H,66,70). The minimum atomic E-state index is -1.03. The van der Waals surface area contributed by atoms with Crippen LogP contribution in [-0.2, 0) is 19.1 Å². The summed E-state index contributed by atoms with van der Waals surface area (Å²) in [6.07, 6.45) is 24.6. The highest BCUT2D eigenvalue weighted by atomic mass is 35.5. The summed E-state index contributed by atoms with van der Waals surface area (Å²) in [5, 5.41) is 7.02. The smallest absolute Gasteiger partial charge is 0.338 e. The fourth-order valence-corrected chi connectivity index (χ4v) is 10.9. The van der Waals surface area contributed by atoms with Crippen molar-refractivity contribution >= 4 is 110 Å². The van der Waals surface area contributed by atoms with Crippen molar-refractivity contribution in [2.75, 3.05) is 22.2 Å². The zero-order valence-electron chi connectivity index (χ0n) is 44.3. The van der Waals surface area contributed by atoms with Crippen molar-refractivity contribution in [1.29, 1.82) is 0 Å². The van der Waals surface area contributed by atoms with E-state index in [0.717, 1.165) is 50.3 Å². The minimum Gasteiger partial charge on any atom is -0.480 e. The third kappa shape index (κ3) is 20.8. The number of amidine groups is 1. The second kappa shape index (κ2) is 33.6. The number of para-hydroxylation sites is 1. The molecule has 0 radical (unpaired) electrons. The SMILES string of the molecule is CCCCCCCCCCCCCC(=O)Nc1ccc(Cl)c(N=C2NN(c3c(Cl)cc(Cl)cc3Cl)C(=O)C2Sc2ccccc2NC(=O)C(Oc2ccc(C(=O)OCCCCCCCCCCCC)cc2)C(C)C)c1. The van der Waals surface area contributed by atoms with E-state index < -0.39 is 29.1 Å². The number of anilines is 3. The van der Waals surface area contributed by atoms with Crippen LogP contribution in [0.2, 0.25) is 20.1 Å². The third-order valence-electron chi connectivity index (χ3n) is 12.9. The van der Waals surface area contributed by atoms with E-state index in [0.29, 0.717) is 46.3 Å². The average molecular weight is 1130 g/mol. The molecule has 0 bridgehead atoms. The van der Waals surface area contributed by atoms with Gasteiger partial charge in [-0.1, -0.05) is 208 Å². The number of halogens is 4. The monoisotopic (exact) mass is 1120 g/mol. The number of amides is 3. The van der Waals surface area contributed by atoms with Gasteiger partial charge in [0.25, 0.3) is 11.8 Å². The number of hydrazine groups is 1. The Morgan fingerprint density at radius 2 is 1.24 bits per heavy atom. The summed E-state index contributed by atoms with van der Waals surface area (Å²) < 4.78 is 11.8. The van der Waals surface area contributed by atoms with Crippen LogP contribution < -0.4 is 25.8 Å². The van der Waals surface area contributed by atoms with Gasteiger partial charge in [0.1, 0.15) is 22.5 Å². The first kappa shape index (κ1) is 61.4. The van der Waals surface area contributed by atoms with Crippen molar-refractivity contribution in [2.45, 2.75) is 185 Å². The number of esters is 1. The van der Waals surface area contributed by atoms with Crippen LogP contribution in [0.3, 0.4) is 0 Å². The predicted molar refractivity (Wildman–Crippen MR) is 313 cm³/mol. The Bertz CT molecular complexity index is 2450. The van der Waals surface area contributed by atoms with Crippen LogP contribution in [-0.4, -0.2) is 47.5 Å². The van der Waals surface area contributed by atoms with E-state index in [9.17, 15) is 19.2 Å². The number of nitrogens with one attached hydrogen (secondary N) is 3. The molecule has 16 heteroatoms. The van der Waals surface area contributed by atoms with E-state index in [4.69, 9.17) is 60.9 Å². The number of ether oxygens (including phenoxy) is 2. The van der Waals surface area contributed by atoms with Crippen LogP contribution in [0.5, 0.6) is 5.75 Å². The van der Waals surface area contributed by atoms with Gasteiger partial charge < -0.3 is 20.1 Å². The molecule has 4 aromatic carbocycles. The van der Waals surface area contributed by atoms with Gasteiger partial charge in [-0.25, -0.2) is 14.8 Å². The molecule has 0 aliphatic carbocycles. The highest BCUT2D eigenvalue weighted by Gasteiger charge is 2.42. The Labute approximate surface area is 470 Å². The summed E-state index contributed by atoms with van der Waals surface area (Å²) in [6, 6.07) is 21.7. The van der Waals surface area contributed by atoms with E-state index in [1.165, 1.54) is 113 Å². The first-order valence-corrected chi connectivity index (χ1v) is 29.6. The molecule has 5 rings (SSSR count). The maximum Gasteiger partial charge on any atom is 0.338 e. The third-order valence-corrected chi connectivity index (χ3v) is 15.3. The summed E-state index contributed by atoms with van der Waals surface area (Å²) in [5.41, 5.74) is 4.91. The molecule has 1 aliphatic rings. The lowest BCUT2D eigenvalue weighted by Gasteiger charge is -2.23. The molecule has 0 spiro atoms. The Morgan fingerprint density at radius 1 is 0.680 bits per heavy atom. The second-order valence-electron chi connectivity index (χ2n) is 19.6. The van der Waals surface area contributed by atoms with Crippen molar-refractivity contribution in [3.05, 3.63) is 105 Å². The molecule has 11 nitrogen and oxygen atoms in total. The van der Waals surface area contributed by atoms with E-state index in [1.54, 1.807) is 66.7 Å². The minimum absolute atomic E-state index is 0.110. The van der Waals surface area contributed by atoms with Crippen molar-refractivity contribution in [2.24, 2.45) is 10.9 Å². The van der Waals surface area contributed by atoms with Crippen molar-refractivity contribution in [3.8, 4) is 5.75 Å². The molecule has 2 atom stereocenters.